The van der Waals surface area contributed by atoms with Gasteiger partial charge in [0.1, 0.15) is 11.6 Å². The van der Waals surface area contributed by atoms with E-state index in [1.54, 1.807) is 12.1 Å². The van der Waals surface area contributed by atoms with Crippen molar-refractivity contribution in [1.82, 2.24) is 10.2 Å². The van der Waals surface area contributed by atoms with E-state index in [0.717, 1.165) is 6.07 Å². The van der Waals surface area contributed by atoms with Gasteiger partial charge < -0.3 is 16.4 Å². The summed E-state index contributed by atoms with van der Waals surface area (Å²) in [6, 6.07) is 10.1. The Bertz CT molecular complexity index is 1310. The second kappa shape index (κ2) is 7.84. The van der Waals surface area contributed by atoms with Crippen LogP contribution in [-0.4, -0.2) is 16.2 Å². The maximum atomic E-state index is 14.5. The van der Waals surface area contributed by atoms with Crippen molar-refractivity contribution in [1.29, 1.82) is 0 Å². The number of H-pyrrole nitrogens is 1. The van der Waals surface area contributed by atoms with Crippen molar-refractivity contribution in [3.63, 3.8) is 0 Å². The number of hydrogen-bond donors (Lipinski definition) is 4. The highest BCUT2D eigenvalue weighted by molar-refractivity contribution is 6.02. The molecule has 0 aliphatic heterocycles. The number of hydrogen-bond acceptors (Lipinski definition) is 3. The normalized spacial score (nSPS) is 11.5. The van der Waals surface area contributed by atoms with E-state index in [1.165, 1.54) is 24.3 Å². The van der Waals surface area contributed by atoms with Crippen molar-refractivity contribution in [2.45, 2.75) is 6.18 Å². The Morgan fingerprint density at radius 2 is 1.53 bits per heavy atom. The second-order valence-electron chi connectivity index (χ2n) is 6.80. The molecule has 4 aromatic rings. The van der Waals surface area contributed by atoms with Gasteiger partial charge in [-0.25, -0.2) is 13.6 Å². The van der Waals surface area contributed by atoms with Crippen LogP contribution in [-0.2, 0) is 6.18 Å². The number of aromatic nitrogens is 2. The van der Waals surface area contributed by atoms with Crippen molar-refractivity contribution >= 4 is 34.1 Å². The van der Waals surface area contributed by atoms with Gasteiger partial charge in [0.25, 0.3) is 0 Å². The Morgan fingerprint density at radius 3 is 2.22 bits per heavy atom. The van der Waals surface area contributed by atoms with E-state index in [1.807, 2.05) is 0 Å². The minimum atomic E-state index is -4.90. The number of amides is 2. The summed E-state index contributed by atoms with van der Waals surface area (Å²) in [4.78, 5) is 12.1. The molecule has 2 amide bonds. The average Bonchev–Trinajstić information content (AvgIpc) is 3.10. The summed E-state index contributed by atoms with van der Waals surface area (Å²) in [5, 5.41) is 11.6. The molecule has 0 atom stereocenters. The molecule has 164 valence electrons. The number of anilines is 3. The molecule has 0 fully saturated rings. The van der Waals surface area contributed by atoms with Crippen molar-refractivity contribution in [2.75, 3.05) is 16.4 Å². The number of nitrogens with zero attached hydrogens (tertiary/aromatic N) is 1. The highest BCUT2D eigenvalue weighted by Crippen LogP contribution is 2.35. The van der Waals surface area contributed by atoms with Crippen LogP contribution in [0.4, 0.5) is 43.9 Å². The average molecular weight is 447 g/mol. The lowest BCUT2D eigenvalue weighted by Gasteiger charge is -2.12. The van der Waals surface area contributed by atoms with E-state index >= 15 is 0 Å². The van der Waals surface area contributed by atoms with Gasteiger partial charge >= 0.3 is 12.2 Å². The molecule has 0 spiro atoms. The van der Waals surface area contributed by atoms with Crippen LogP contribution in [0.5, 0.6) is 0 Å². The fourth-order valence-corrected chi connectivity index (χ4v) is 3.23. The zero-order chi connectivity index (χ0) is 23.0. The first kappa shape index (κ1) is 21.1. The number of carbonyl (C=O) groups excluding carboxylic acids is 1. The highest BCUT2D eigenvalue weighted by Gasteiger charge is 2.34. The van der Waals surface area contributed by atoms with E-state index in [0.29, 0.717) is 28.6 Å². The number of nitrogen functional groups attached to an aromatic ring is 1. The number of nitrogens with one attached hydrogen (secondary N) is 3. The maximum Gasteiger partial charge on any atom is 0.419 e. The van der Waals surface area contributed by atoms with Gasteiger partial charge in [-0.15, -0.1) is 0 Å². The lowest BCUT2D eigenvalue weighted by atomic mass is 10.0. The maximum absolute atomic E-state index is 14.5. The van der Waals surface area contributed by atoms with Crippen LogP contribution < -0.4 is 16.4 Å². The zero-order valence-electron chi connectivity index (χ0n) is 16.0. The predicted molar refractivity (Wildman–Crippen MR) is 110 cm³/mol. The van der Waals surface area contributed by atoms with Crippen LogP contribution in [0.2, 0.25) is 0 Å². The van der Waals surface area contributed by atoms with Crippen LogP contribution in [0.1, 0.15) is 5.56 Å². The van der Waals surface area contributed by atoms with Crippen molar-refractivity contribution in [3.8, 4) is 11.1 Å². The molecule has 0 saturated heterocycles. The first-order valence-corrected chi connectivity index (χ1v) is 9.11. The molecule has 0 bridgehead atoms. The number of carbonyl (C=O) groups is 1. The van der Waals surface area contributed by atoms with E-state index in [2.05, 4.69) is 20.8 Å². The van der Waals surface area contributed by atoms with Gasteiger partial charge in [0.05, 0.1) is 16.5 Å². The van der Waals surface area contributed by atoms with Gasteiger partial charge in [-0.05, 0) is 48.0 Å². The Balaban J connectivity index is 1.52. The minimum Gasteiger partial charge on any atom is -0.382 e. The number of benzene rings is 3. The molecular weight excluding hydrogens is 433 g/mol. The van der Waals surface area contributed by atoms with Crippen molar-refractivity contribution < 1.29 is 26.7 Å². The van der Waals surface area contributed by atoms with Gasteiger partial charge in [-0.2, -0.15) is 18.3 Å². The Kier molecular flexibility index (Phi) is 5.17. The third-order valence-corrected chi connectivity index (χ3v) is 4.67. The molecule has 6 nitrogen and oxygen atoms in total. The topological polar surface area (TPSA) is 95.8 Å². The van der Waals surface area contributed by atoms with E-state index in [9.17, 15) is 26.7 Å². The lowest BCUT2D eigenvalue weighted by Crippen LogP contribution is -2.20. The number of alkyl halides is 3. The molecule has 0 saturated carbocycles. The zero-order valence-corrected chi connectivity index (χ0v) is 16.0. The van der Waals surface area contributed by atoms with Gasteiger partial charge in [-0.3, -0.25) is 5.10 Å². The number of nitrogens with two attached hydrogens (primary N) is 1. The monoisotopic (exact) mass is 447 g/mol. The molecule has 0 unspecified atom stereocenters. The molecular formula is C21H14F5N5O. The molecule has 0 radical (unpaired) electrons. The van der Waals surface area contributed by atoms with Crippen LogP contribution in [0, 0.1) is 11.6 Å². The smallest absolute Gasteiger partial charge is 0.382 e. The molecule has 1 heterocycles. The van der Waals surface area contributed by atoms with Crippen LogP contribution in [0.3, 0.4) is 0 Å². The van der Waals surface area contributed by atoms with Crippen molar-refractivity contribution in [2.24, 2.45) is 0 Å². The second-order valence-corrected chi connectivity index (χ2v) is 6.80. The van der Waals surface area contributed by atoms with Gasteiger partial charge in [-0.1, -0.05) is 12.1 Å². The van der Waals surface area contributed by atoms with E-state index in [-0.39, 0.29) is 22.8 Å². The van der Waals surface area contributed by atoms with Gasteiger partial charge in [0.2, 0.25) is 0 Å². The summed E-state index contributed by atoms with van der Waals surface area (Å²) in [6.07, 6.45) is -4.90. The number of rotatable bonds is 3. The highest BCUT2D eigenvalue weighted by atomic mass is 19.4. The Morgan fingerprint density at radius 1 is 0.906 bits per heavy atom. The molecule has 4 rings (SSSR count). The Labute approximate surface area is 177 Å². The SMILES string of the molecule is Nc1n[nH]c2ccc(F)c(-c3ccc(NC(=O)Nc4ccc(F)c(C(F)(F)F)c4)cc3)c12. The summed E-state index contributed by atoms with van der Waals surface area (Å²) in [7, 11) is 0. The van der Waals surface area contributed by atoms with E-state index < -0.39 is 29.4 Å². The number of halogens is 5. The molecule has 0 aliphatic carbocycles. The van der Waals surface area contributed by atoms with Crippen LogP contribution in [0.25, 0.3) is 22.0 Å². The molecule has 32 heavy (non-hydrogen) atoms. The lowest BCUT2D eigenvalue weighted by molar-refractivity contribution is -0.139. The fraction of sp³-hybridized carbons (Fsp3) is 0.0476. The first-order valence-electron chi connectivity index (χ1n) is 9.11. The standard InChI is InChI=1S/C21H14F5N5O/c22-14-6-5-12(9-13(14)21(24,25)26)29-20(32)28-11-3-1-10(2-4-11)17-15(23)7-8-16-18(17)19(27)31-30-16/h1-9H,(H3,27,30,31)(H2,28,29,32). The third-order valence-electron chi connectivity index (χ3n) is 4.67. The van der Waals surface area contributed by atoms with Gasteiger partial charge in [0, 0.05) is 16.9 Å². The summed E-state index contributed by atoms with van der Waals surface area (Å²) < 4.78 is 66.3. The van der Waals surface area contributed by atoms with Gasteiger partial charge in [0.15, 0.2) is 5.82 Å². The Hall–Kier alpha value is -4.15. The number of urea groups is 1. The molecule has 5 N–H and O–H groups in total. The summed E-state index contributed by atoms with van der Waals surface area (Å²) in [6.45, 7) is 0. The summed E-state index contributed by atoms with van der Waals surface area (Å²) in [5.41, 5.74) is 5.65. The first-order chi connectivity index (χ1) is 15.1. The largest absolute Gasteiger partial charge is 0.419 e. The summed E-state index contributed by atoms with van der Waals surface area (Å²) >= 11 is 0. The van der Waals surface area contributed by atoms with Crippen molar-refractivity contribution in [3.05, 3.63) is 71.8 Å². The predicted octanol–water partition coefficient (Wildman–Crippen LogP) is 5.75. The fourth-order valence-electron chi connectivity index (χ4n) is 3.23. The third kappa shape index (κ3) is 4.04. The molecule has 11 heteroatoms. The number of aromatic amines is 1. The van der Waals surface area contributed by atoms with E-state index in [4.69, 9.17) is 5.73 Å². The van der Waals surface area contributed by atoms with Crippen LogP contribution >= 0.6 is 0 Å². The molecule has 3 aromatic carbocycles. The van der Waals surface area contributed by atoms with Crippen LogP contribution in [0.15, 0.2) is 54.6 Å². The minimum absolute atomic E-state index is 0.133. The molecule has 0 aliphatic rings. The molecule has 1 aromatic heterocycles. The number of fused-ring (bicyclic) bond motifs is 1. The summed E-state index contributed by atoms with van der Waals surface area (Å²) in [5.74, 6) is -1.83. The quantitative estimate of drug-likeness (QED) is 0.301.